The van der Waals surface area contributed by atoms with Gasteiger partial charge in [-0.15, -0.1) is 0 Å². The van der Waals surface area contributed by atoms with Gasteiger partial charge < -0.3 is 19.7 Å². The third-order valence-corrected chi connectivity index (χ3v) is 4.27. The first-order valence-corrected chi connectivity index (χ1v) is 7.47. The van der Waals surface area contributed by atoms with Gasteiger partial charge in [0.1, 0.15) is 0 Å². The van der Waals surface area contributed by atoms with Crippen LogP contribution in [0.25, 0.3) is 0 Å². The van der Waals surface area contributed by atoms with E-state index in [0.29, 0.717) is 31.9 Å². The normalized spacial score (nSPS) is 24.6. The molecule has 110 valence electrons. The van der Waals surface area contributed by atoms with Gasteiger partial charge in [-0.05, 0) is 30.5 Å². The topological polar surface area (TPSA) is 33.7 Å². The molecule has 0 bridgehead atoms. The van der Waals surface area contributed by atoms with Gasteiger partial charge in [0.2, 0.25) is 0 Å². The van der Waals surface area contributed by atoms with Gasteiger partial charge in [-0.25, -0.2) is 0 Å². The molecule has 2 atom stereocenters. The van der Waals surface area contributed by atoms with Crippen LogP contribution >= 0.6 is 0 Å². The molecule has 0 saturated carbocycles. The standard InChI is InChI=1S/C16H24N2O2/c1-12-9-17-10-15-8-14-4-3-13(7-16(14)18(12)15)11-20-6-5-19-2/h3-4,7,12,15,17H,5-6,8-11H2,1-2H3/t12?,15-/m1/s1. The first-order valence-electron chi connectivity index (χ1n) is 7.47. The van der Waals surface area contributed by atoms with E-state index in [1.54, 1.807) is 7.11 Å². The van der Waals surface area contributed by atoms with E-state index in [-0.39, 0.29) is 0 Å². The van der Waals surface area contributed by atoms with Gasteiger partial charge in [0.05, 0.1) is 19.8 Å². The van der Waals surface area contributed by atoms with Crippen LogP contribution in [0.2, 0.25) is 0 Å². The fraction of sp³-hybridized carbons (Fsp3) is 0.625. The molecule has 1 fully saturated rings. The molecule has 2 aliphatic rings. The first-order chi connectivity index (χ1) is 9.79. The summed E-state index contributed by atoms with van der Waals surface area (Å²) in [5.74, 6) is 0. The van der Waals surface area contributed by atoms with Crippen LogP contribution in [-0.2, 0) is 22.5 Å². The maximum Gasteiger partial charge on any atom is 0.0718 e. The second-order valence-corrected chi connectivity index (χ2v) is 5.78. The average Bonchev–Trinajstić information content (AvgIpc) is 2.82. The van der Waals surface area contributed by atoms with E-state index in [1.807, 2.05) is 0 Å². The molecule has 1 aromatic rings. The largest absolute Gasteiger partial charge is 0.382 e. The molecular weight excluding hydrogens is 252 g/mol. The van der Waals surface area contributed by atoms with Crippen LogP contribution < -0.4 is 10.2 Å². The van der Waals surface area contributed by atoms with E-state index in [4.69, 9.17) is 9.47 Å². The van der Waals surface area contributed by atoms with E-state index in [0.717, 1.165) is 19.5 Å². The van der Waals surface area contributed by atoms with E-state index >= 15 is 0 Å². The number of nitrogens with one attached hydrogen (secondary N) is 1. The molecule has 0 aromatic heterocycles. The third kappa shape index (κ3) is 2.68. The molecule has 0 radical (unpaired) electrons. The van der Waals surface area contributed by atoms with Gasteiger partial charge >= 0.3 is 0 Å². The van der Waals surface area contributed by atoms with Crippen LogP contribution in [0.5, 0.6) is 0 Å². The van der Waals surface area contributed by atoms with E-state index in [2.05, 4.69) is 35.3 Å². The van der Waals surface area contributed by atoms with Crippen molar-refractivity contribution in [3.8, 4) is 0 Å². The highest BCUT2D eigenvalue weighted by atomic mass is 16.5. The lowest BCUT2D eigenvalue weighted by Gasteiger charge is -2.38. The molecule has 1 saturated heterocycles. The third-order valence-electron chi connectivity index (χ3n) is 4.27. The molecule has 0 aliphatic carbocycles. The molecule has 1 N–H and O–H groups in total. The molecule has 1 unspecified atom stereocenters. The van der Waals surface area contributed by atoms with Crippen LogP contribution in [0.4, 0.5) is 5.69 Å². The van der Waals surface area contributed by atoms with Gasteiger partial charge in [0.15, 0.2) is 0 Å². The molecule has 4 nitrogen and oxygen atoms in total. The van der Waals surface area contributed by atoms with Crippen molar-refractivity contribution in [3.63, 3.8) is 0 Å². The second kappa shape index (κ2) is 6.12. The summed E-state index contributed by atoms with van der Waals surface area (Å²) >= 11 is 0. The Bertz CT molecular complexity index is 464. The molecule has 3 rings (SSSR count). The maximum absolute atomic E-state index is 5.63. The summed E-state index contributed by atoms with van der Waals surface area (Å²) in [6.45, 7) is 6.45. The highest BCUT2D eigenvalue weighted by Crippen LogP contribution is 2.35. The van der Waals surface area contributed by atoms with Gasteiger partial charge in [-0.1, -0.05) is 12.1 Å². The number of nitrogens with zero attached hydrogens (tertiary/aromatic N) is 1. The van der Waals surface area contributed by atoms with Crippen LogP contribution in [0.15, 0.2) is 18.2 Å². The van der Waals surface area contributed by atoms with E-state index in [9.17, 15) is 0 Å². The SMILES string of the molecule is COCCOCc1ccc2c(c1)N1C(C)CNC[C@H]1C2. The van der Waals surface area contributed by atoms with Crippen molar-refractivity contribution in [1.29, 1.82) is 0 Å². The first kappa shape index (κ1) is 13.9. The zero-order valence-electron chi connectivity index (χ0n) is 12.4. The Morgan fingerprint density at radius 3 is 3.05 bits per heavy atom. The Balaban J connectivity index is 1.71. The number of methoxy groups -OCH3 is 1. The predicted octanol–water partition coefficient (Wildman–Crippen LogP) is 1.57. The summed E-state index contributed by atoms with van der Waals surface area (Å²) in [4.78, 5) is 2.59. The zero-order valence-corrected chi connectivity index (χ0v) is 12.4. The summed E-state index contributed by atoms with van der Waals surface area (Å²) in [7, 11) is 1.70. The highest BCUT2D eigenvalue weighted by Gasteiger charge is 2.34. The van der Waals surface area contributed by atoms with Gasteiger partial charge in [-0.3, -0.25) is 0 Å². The Morgan fingerprint density at radius 1 is 1.30 bits per heavy atom. The number of piperazine rings is 1. The van der Waals surface area contributed by atoms with Crippen molar-refractivity contribution in [2.45, 2.75) is 32.0 Å². The summed E-state index contributed by atoms with van der Waals surface area (Å²) in [6, 6.07) is 7.97. The van der Waals surface area contributed by atoms with E-state index < -0.39 is 0 Å². The zero-order chi connectivity index (χ0) is 13.9. The number of hydrogen-bond donors (Lipinski definition) is 1. The molecule has 4 heteroatoms. The number of ether oxygens (including phenoxy) is 2. The lowest BCUT2D eigenvalue weighted by molar-refractivity contribution is 0.0617. The van der Waals surface area contributed by atoms with Crippen molar-refractivity contribution < 1.29 is 9.47 Å². The molecule has 1 aromatic carbocycles. The molecule has 0 spiro atoms. The van der Waals surface area contributed by atoms with Crippen molar-refractivity contribution >= 4 is 5.69 Å². The van der Waals surface area contributed by atoms with Crippen molar-refractivity contribution in [1.82, 2.24) is 5.32 Å². The summed E-state index contributed by atoms with van der Waals surface area (Å²) in [5.41, 5.74) is 4.15. The van der Waals surface area contributed by atoms with Crippen LogP contribution in [0.3, 0.4) is 0 Å². The molecule has 0 amide bonds. The lowest BCUT2D eigenvalue weighted by atomic mass is 10.1. The fourth-order valence-electron chi connectivity index (χ4n) is 3.32. The Hall–Kier alpha value is -1.10. The Labute approximate surface area is 121 Å². The molecular formula is C16H24N2O2. The average molecular weight is 276 g/mol. The van der Waals surface area contributed by atoms with Crippen molar-refractivity contribution in [2.24, 2.45) is 0 Å². The Morgan fingerprint density at radius 2 is 2.20 bits per heavy atom. The molecule has 2 heterocycles. The molecule has 2 aliphatic heterocycles. The fourth-order valence-corrected chi connectivity index (χ4v) is 3.32. The summed E-state index contributed by atoms with van der Waals surface area (Å²) < 4.78 is 10.6. The van der Waals surface area contributed by atoms with Gasteiger partial charge in [0.25, 0.3) is 0 Å². The number of benzene rings is 1. The van der Waals surface area contributed by atoms with Gasteiger partial charge in [-0.2, -0.15) is 0 Å². The smallest absolute Gasteiger partial charge is 0.0718 e. The van der Waals surface area contributed by atoms with Crippen LogP contribution in [0.1, 0.15) is 18.1 Å². The van der Waals surface area contributed by atoms with Gasteiger partial charge in [0, 0.05) is 38.0 Å². The Kier molecular flexibility index (Phi) is 4.24. The number of anilines is 1. The number of rotatable bonds is 5. The summed E-state index contributed by atoms with van der Waals surface area (Å²) in [6.07, 6.45) is 1.16. The monoisotopic (exact) mass is 276 g/mol. The number of fused-ring (bicyclic) bond motifs is 3. The highest BCUT2D eigenvalue weighted by molar-refractivity contribution is 5.62. The maximum atomic E-state index is 5.63. The van der Waals surface area contributed by atoms with Crippen molar-refractivity contribution in [2.75, 3.05) is 38.3 Å². The minimum absolute atomic E-state index is 0.569. The number of hydrogen-bond acceptors (Lipinski definition) is 4. The predicted molar refractivity (Wildman–Crippen MR) is 80.3 cm³/mol. The summed E-state index contributed by atoms with van der Waals surface area (Å²) in [5, 5.41) is 3.52. The quantitative estimate of drug-likeness (QED) is 0.828. The van der Waals surface area contributed by atoms with Crippen LogP contribution in [0, 0.1) is 0 Å². The molecule has 20 heavy (non-hydrogen) atoms. The minimum Gasteiger partial charge on any atom is -0.382 e. The van der Waals surface area contributed by atoms with Crippen molar-refractivity contribution in [3.05, 3.63) is 29.3 Å². The lowest BCUT2D eigenvalue weighted by Crippen LogP contribution is -2.54. The van der Waals surface area contributed by atoms with E-state index in [1.165, 1.54) is 16.8 Å². The van der Waals surface area contributed by atoms with Crippen LogP contribution in [-0.4, -0.2) is 45.5 Å². The minimum atomic E-state index is 0.569. The second-order valence-electron chi connectivity index (χ2n) is 5.78.